The van der Waals surface area contributed by atoms with E-state index in [1.165, 1.54) is 0 Å². The van der Waals surface area contributed by atoms with E-state index >= 15 is 0 Å². The van der Waals surface area contributed by atoms with Crippen molar-refractivity contribution in [2.24, 2.45) is 5.73 Å². The summed E-state index contributed by atoms with van der Waals surface area (Å²) >= 11 is 0. The van der Waals surface area contributed by atoms with Gasteiger partial charge in [-0.3, -0.25) is 4.79 Å². The molecule has 6 heteroatoms. The quantitative estimate of drug-likeness (QED) is 0.857. The summed E-state index contributed by atoms with van der Waals surface area (Å²) in [6, 6.07) is 2.00. The van der Waals surface area contributed by atoms with Gasteiger partial charge in [0, 0.05) is 23.8 Å². The molecule has 1 amide bonds. The van der Waals surface area contributed by atoms with Crippen molar-refractivity contribution in [2.45, 2.75) is 59.0 Å². The number of amides is 1. The van der Waals surface area contributed by atoms with Crippen molar-refractivity contribution in [1.29, 1.82) is 0 Å². The van der Waals surface area contributed by atoms with Crippen molar-refractivity contribution >= 4 is 16.9 Å². The molecule has 3 N–H and O–H groups in total. The average Bonchev–Trinajstić information content (AvgIpc) is 2.95. The van der Waals surface area contributed by atoms with E-state index < -0.39 is 0 Å². The number of carbonyl (C=O) groups excluding carboxylic acids is 1. The van der Waals surface area contributed by atoms with E-state index in [4.69, 9.17) is 5.73 Å². The van der Waals surface area contributed by atoms with Crippen LogP contribution in [0.5, 0.6) is 0 Å². The van der Waals surface area contributed by atoms with Crippen LogP contribution in [0.15, 0.2) is 12.3 Å². The second-order valence-corrected chi connectivity index (χ2v) is 6.48. The highest BCUT2D eigenvalue weighted by Crippen LogP contribution is 2.21. The highest BCUT2D eigenvalue weighted by molar-refractivity contribution is 6.05. The van der Waals surface area contributed by atoms with Gasteiger partial charge in [-0.1, -0.05) is 13.8 Å². The molecule has 2 heterocycles. The second kappa shape index (κ2) is 6.66. The Morgan fingerprint density at radius 2 is 2.04 bits per heavy atom. The van der Waals surface area contributed by atoms with Crippen LogP contribution in [0.3, 0.4) is 0 Å². The molecule has 0 fully saturated rings. The topological polar surface area (TPSA) is 85.8 Å². The molecular weight excluding hydrogens is 290 g/mol. The molecule has 0 bridgehead atoms. The molecule has 0 aliphatic heterocycles. The summed E-state index contributed by atoms with van der Waals surface area (Å²) in [4.78, 5) is 17.2. The standard InChI is InChI=1S/C17H27N5O/c1-6-17(18,7-2)10-19-16(23)13-8-12(5)21-15-14(13)9-20-22(15)11(3)4/h8-9,11H,6-7,10,18H2,1-5H3,(H,19,23). The molecule has 2 rings (SSSR count). The van der Waals surface area contributed by atoms with Gasteiger partial charge in [-0.15, -0.1) is 0 Å². The fourth-order valence-electron chi connectivity index (χ4n) is 2.56. The van der Waals surface area contributed by atoms with Gasteiger partial charge in [0.1, 0.15) is 0 Å². The molecule has 0 unspecified atom stereocenters. The van der Waals surface area contributed by atoms with Crippen molar-refractivity contribution in [3.63, 3.8) is 0 Å². The van der Waals surface area contributed by atoms with Crippen molar-refractivity contribution in [3.8, 4) is 0 Å². The first-order valence-corrected chi connectivity index (χ1v) is 8.23. The molecule has 126 valence electrons. The van der Waals surface area contributed by atoms with Crippen molar-refractivity contribution in [3.05, 3.63) is 23.5 Å². The van der Waals surface area contributed by atoms with Crippen LogP contribution in [0.1, 0.15) is 62.6 Å². The number of rotatable bonds is 6. The van der Waals surface area contributed by atoms with Crippen LogP contribution >= 0.6 is 0 Å². The lowest BCUT2D eigenvalue weighted by Crippen LogP contribution is -2.49. The lowest BCUT2D eigenvalue weighted by Gasteiger charge is -2.26. The van der Waals surface area contributed by atoms with Crippen molar-refractivity contribution in [2.75, 3.05) is 6.54 Å². The van der Waals surface area contributed by atoms with Gasteiger partial charge < -0.3 is 11.1 Å². The maximum atomic E-state index is 12.6. The summed E-state index contributed by atoms with van der Waals surface area (Å²) in [5.41, 5.74) is 8.06. The fourth-order valence-corrected chi connectivity index (χ4v) is 2.56. The van der Waals surface area contributed by atoms with Crippen LogP contribution in [-0.4, -0.2) is 32.8 Å². The number of nitrogens with zero attached hydrogens (tertiary/aromatic N) is 3. The molecule has 0 saturated carbocycles. The molecule has 0 saturated heterocycles. The fraction of sp³-hybridized carbons (Fsp3) is 0.588. The Morgan fingerprint density at radius 1 is 1.39 bits per heavy atom. The van der Waals surface area contributed by atoms with E-state index in [0.29, 0.717) is 12.1 Å². The second-order valence-electron chi connectivity index (χ2n) is 6.48. The molecule has 0 atom stereocenters. The SMILES string of the molecule is CCC(N)(CC)CNC(=O)c1cc(C)nc2c1cnn2C(C)C. The molecule has 2 aromatic heterocycles. The van der Waals surface area contributed by atoms with Crippen LogP contribution in [0.25, 0.3) is 11.0 Å². The average molecular weight is 317 g/mol. The van der Waals surface area contributed by atoms with Crippen molar-refractivity contribution in [1.82, 2.24) is 20.1 Å². The summed E-state index contributed by atoms with van der Waals surface area (Å²) in [7, 11) is 0. The van der Waals surface area contributed by atoms with E-state index in [0.717, 1.165) is 29.6 Å². The molecular formula is C17H27N5O. The minimum Gasteiger partial charge on any atom is -0.350 e. The Balaban J connectivity index is 2.34. The lowest BCUT2D eigenvalue weighted by atomic mass is 9.94. The predicted molar refractivity (Wildman–Crippen MR) is 92.5 cm³/mol. The first-order chi connectivity index (χ1) is 10.8. The van der Waals surface area contributed by atoms with Gasteiger partial charge in [-0.05, 0) is 39.7 Å². The number of aryl methyl sites for hydroxylation is 1. The summed E-state index contributed by atoms with van der Waals surface area (Å²) < 4.78 is 1.84. The smallest absolute Gasteiger partial charge is 0.252 e. The van der Waals surface area contributed by atoms with Crippen molar-refractivity contribution < 1.29 is 4.79 Å². The van der Waals surface area contributed by atoms with E-state index in [9.17, 15) is 4.79 Å². The molecule has 0 aliphatic rings. The largest absolute Gasteiger partial charge is 0.350 e. The molecule has 2 aromatic rings. The predicted octanol–water partition coefficient (Wildman–Crippen LogP) is 2.57. The van der Waals surface area contributed by atoms with Crippen LogP contribution in [0.2, 0.25) is 0 Å². The van der Waals surface area contributed by atoms with E-state index in [2.05, 4.69) is 15.4 Å². The Morgan fingerprint density at radius 3 is 2.61 bits per heavy atom. The third kappa shape index (κ3) is 3.52. The summed E-state index contributed by atoms with van der Waals surface area (Å²) in [5.74, 6) is -0.125. The number of fused-ring (bicyclic) bond motifs is 1. The minimum atomic E-state index is -0.362. The minimum absolute atomic E-state index is 0.125. The molecule has 0 spiro atoms. The van der Waals surface area contributed by atoms with Crippen LogP contribution in [-0.2, 0) is 0 Å². The maximum Gasteiger partial charge on any atom is 0.252 e. The number of nitrogens with one attached hydrogen (secondary N) is 1. The number of aromatic nitrogens is 3. The third-order valence-corrected chi connectivity index (χ3v) is 4.44. The molecule has 0 aromatic carbocycles. The van der Waals surface area contributed by atoms with Gasteiger partial charge in [-0.25, -0.2) is 9.67 Å². The molecule has 0 aliphatic carbocycles. The van der Waals surface area contributed by atoms with Gasteiger partial charge >= 0.3 is 0 Å². The zero-order chi connectivity index (χ0) is 17.2. The van der Waals surface area contributed by atoms with Gasteiger partial charge in [0.25, 0.3) is 5.91 Å². The van der Waals surface area contributed by atoms with Gasteiger partial charge in [0.05, 0.1) is 17.1 Å². The lowest BCUT2D eigenvalue weighted by molar-refractivity contribution is 0.0943. The zero-order valence-electron chi connectivity index (χ0n) is 14.7. The number of hydrogen-bond donors (Lipinski definition) is 2. The highest BCUT2D eigenvalue weighted by Gasteiger charge is 2.23. The highest BCUT2D eigenvalue weighted by atomic mass is 16.1. The monoisotopic (exact) mass is 317 g/mol. The van der Waals surface area contributed by atoms with Crippen LogP contribution < -0.4 is 11.1 Å². The normalized spacial score (nSPS) is 12.1. The number of pyridine rings is 1. The molecule has 0 radical (unpaired) electrons. The van der Waals surface area contributed by atoms with E-state index in [1.54, 1.807) is 12.3 Å². The first kappa shape index (κ1) is 17.4. The number of carbonyl (C=O) groups is 1. The zero-order valence-corrected chi connectivity index (χ0v) is 14.7. The van der Waals surface area contributed by atoms with Gasteiger partial charge in [0.15, 0.2) is 5.65 Å². The Labute approximate surface area is 137 Å². The Kier molecular flexibility index (Phi) is 5.04. The molecule has 6 nitrogen and oxygen atoms in total. The van der Waals surface area contributed by atoms with E-state index in [1.807, 2.05) is 39.3 Å². The molecule has 23 heavy (non-hydrogen) atoms. The van der Waals surface area contributed by atoms with Crippen LogP contribution in [0, 0.1) is 6.92 Å². The number of nitrogens with two attached hydrogens (primary N) is 1. The van der Waals surface area contributed by atoms with Crippen LogP contribution in [0.4, 0.5) is 0 Å². The van der Waals surface area contributed by atoms with E-state index in [-0.39, 0.29) is 17.5 Å². The third-order valence-electron chi connectivity index (χ3n) is 4.44. The number of hydrogen-bond acceptors (Lipinski definition) is 4. The van der Waals surface area contributed by atoms with Gasteiger partial charge in [0.2, 0.25) is 0 Å². The Hall–Kier alpha value is -1.95. The van der Waals surface area contributed by atoms with Gasteiger partial charge in [-0.2, -0.15) is 5.10 Å². The first-order valence-electron chi connectivity index (χ1n) is 8.23. The Bertz CT molecular complexity index is 700. The summed E-state index contributed by atoms with van der Waals surface area (Å²) in [6.07, 6.45) is 3.35. The summed E-state index contributed by atoms with van der Waals surface area (Å²) in [5, 5.41) is 8.12. The maximum absolute atomic E-state index is 12.6. The summed E-state index contributed by atoms with van der Waals surface area (Å²) in [6.45, 7) is 10.5.